The molecule has 0 saturated carbocycles. The first-order chi connectivity index (χ1) is 10.7. The molecule has 112 valence electrons. The lowest BCUT2D eigenvalue weighted by atomic mass is 9.89. The van der Waals surface area contributed by atoms with Crippen molar-refractivity contribution in [3.8, 4) is 5.75 Å². The van der Waals surface area contributed by atoms with Crippen molar-refractivity contribution in [2.45, 2.75) is 31.0 Å². The average molecular weight is 294 g/mol. The van der Waals surface area contributed by atoms with E-state index in [0.717, 1.165) is 41.7 Å². The van der Waals surface area contributed by atoms with Crippen LogP contribution in [0.4, 0.5) is 0 Å². The Bertz CT molecular complexity index is 720. The van der Waals surface area contributed by atoms with Crippen LogP contribution in [-0.4, -0.2) is 18.5 Å². The van der Waals surface area contributed by atoms with Crippen LogP contribution in [0.15, 0.2) is 48.5 Å². The molecule has 4 rings (SSSR count). The van der Waals surface area contributed by atoms with Gasteiger partial charge in [0.1, 0.15) is 11.9 Å². The van der Waals surface area contributed by atoms with E-state index in [1.807, 2.05) is 42.5 Å². The van der Waals surface area contributed by atoms with Crippen molar-refractivity contribution in [1.82, 2.24) is 0 Å². The van der Waals surface area contributed by atoms with Crippen LogP contribution < -0.4 is 4.74 Å². The average Bonchev–Trinajstić information content (AvgIpc) is 3.32. The molecule has 0 radical (unpaired) electrons. The number of ether oxygens (including phenoxy) is 2. The van der Waals surface area contributed by atoms with Crippen molar-refractivity contribution in [2.24, 2.45) is 0 Å². The molecular formula is C19H18O3. The van der Waals surface area contributed by atoms with Crippen LogP contribution in [0.2, 0.25) is 0 Å². The van der Waals surface area contributed by atoms with E-state index >= 15 is 0 Å². The van der Waals surface area contributed by atoms with Gasteiger partial charge in [0.25, 0.3) is 0 Å². The van der Waals surface area contributed by atoms with Crippen LogP contribution in [0.3, 0.4) is 0 Å². The Kier molecular flexibility index (Phi) is 3.05. The molecule has 0 bridgehead atoms. The zero-order chi connectivity index (χ0) is 15.2. The lowest BCUT2D eigenvalue weighted by molar-refractivity contribution is 0.0867. The van der Waals surface area contributed by atoms with Crippen molar-refractivity contribution in [3.63, 3.8) is 0 Å². The van der Waals surface area contributed by atoms with Crippen LogP contribution in [0.5, 0.6) is 5.75 Å². The van der Waals surface area contributed by atoms with Gasteiger partial charge in [-0.3, -0.25) is 4.79 Å². The van der Waals surface area contributed by atoms with Crippen LogP contribution in [0, 0.1) is 0 Å². The number of carbonyl (C=O) groups is 1. The Morgan fingerprint density at radius 3 is 2.68 bits per heavy atom. The molecule has 0 N–H and O–H groups in total. The maximum absolute atomic E-state index is 13.0. The molecule has 0 aromatic heterocycles. The van der Waals surface area contributed by atoms with Crippen LogP contribution in [-0.2, 0) is 11.2 Å². The summed E-state index contributed by atoms with van der Waals surface area (Å²) >= 11 is 0. The maximum Gasteiger partial charge on any atom is 0.197 e. The van der Waals surface area contributed by atoms with Gasteiger partial charge in [-0.15, -0.1) is 0 Å². The topological polar surface area (TPSA) is 38.8 Å². The first kappa shape index (κ1) is 13.5. The molecule has 3 heteroatoms. The zero-order valence-corrected chi connectivity index (χ0v) is 12.5. The lowest BCUT2D eigenvalue weighted by Gasteiger charge is -2.09. The summed E-state index contributed by atoms with van der Waals surface area (Å²) in [7, 11) is 1.65. The van der Waals surface area contributed by atoms with Gasteiger partial charge < -0.3 is 9.47 Å². The first-order valence-corrected chi connectivity index (χ1v) is 7.69. The fourth-order valence-corrected chi connectivity index (χ4v) is 3.50. The van der Waals surface area contributed by atoms with Crippen molar-refractivity contribution >= 4 is 5.78 Å². The monoisotopic (exact) mass is 294 g/mol. The van der Waals surface area contributed by atoms with E-state index in [9.17, 15) is 4.79 Å². The highest BCUT2D eigenvalue weighted by atomic mass is 16.6. The molecule has 2 aliphatic rings. The summed E-state index contributed by atoms with van der Waals surface area (Å²) in [6.07, 6.45) is 2.59. The molecule has 1 spiro atoms. The number of carbonyl (C=O) groups excluding carboxylic acids is 1. The summed E-state index contributed by atoms with van der Waals surface area (Å²) in [6, 6.07) is 15.7. The number of fused-ring (bicyclic) bond motifs is 1. The number of methoxy groups -OCH3 is 1. The van der Waals surface area contributed by atoms with E-state index in [4.69, 9.17) is 9.47 Å². The molecule has 2 aromatic rings. The van der Waals surface area contributed by atoms with Crippen LogP contribution >= 0.6 is 0 Å². The van der Waals surface area contributed by atoms with E-state index in [1.165, 1.54) is 0 Å². The number of Topliss-reactive ketones (excluding diaryl/α,β-unsaturated/α-hetero) is 1. The lowest BCUT2D eigenvalue weighted by Crippen LogP contribution is -2.24. The number of hydrogen-bond donors (Lipinski definition) is 0. The molecule has 0 unspecified atom stereocenters. The summed E-state index contributed by atoms with van der Waals surface area (Å²) in [5.41, 5.74) is 2.37. The number of benzene rings is 2. The SMILES string of the molecule is COc1ccc([C@@H]2O[C@@]23CCCc2ccccc2C3=O)cc1. The summed E-state index contributed by atoms with van der Waals surface area (Å²) < 4.78 is 11.1. The molecule has 0 amide bonds. The normalized spacial score (nSPS) is 26.4. The molecule has 3 nitrogen and oxygen atoms in total. The van der Waals surface area contributed by atoms with E-state index in [2.05, 4.69) is 6.07 Å². The van der Waals surface area contributed by atoms with Crippen molar-refractivity contribution in [1.29, 1.82) is 0 Å². The van der Waals surface area contributed by atoms with E-state index < -0.39 is 5.60 Å². The Hall–Kier alpha value is -2.13. The summed E-state index contributed by atoms with van der Waals surface area (Å²) in [6.45, 7) is 0. The summed E-state index contributed by atoms with van der Waals surface area (Å²) in [5.74, 6) is 0.956. The highest BCUT2D eigenvalue weighted by molar-refractivity contribution is 6.06. The van der Waals surface area contributed by atoms with Crippen molar-refractivity contribution < 1.29 is 14.3 Å². The van der Waals surface area contributed by atoms with Gasteiger partial charge >= 0.3 is 0 Å². The summed E-state index contributed by atoms with van der Waals surface area (Å²) in [5, 5.41) is 0. The number of epoxide rings is 1. The predicted molar refractivity (Wildman–Crippen MR) is 83.3 cm³/mol. The van der Waals surface area contributed by atoms with Gasteiger partial charge in [0.05, 0.1) is 7.11 Å². The Morgan fingerprint density at radius 1 is 1.14 bits per heavy atom. The number of aryl methyl sites for hydroxylation is 1. The minimum absolute atomic E-state index is 0.128. The third-order valence-corrected chi connectivity index (χ3v) is 4.75. The summed E-state index contributed by atoms with van der Waals surface area (Å²) in [4.78, 5) is 13.0. The number of rotatable bonds is 2. The standard InChI is InChI=1S/C19H18O3/c1-21-15-10-8-14(9-11-15)18-19(22-18)12-4-6-13-5-2-3-7-16(13)17(19)20/h2-3,5,7-11,18H,4,6,12H2,1H3/t18-,19+/m0/s1. The van der Waals surface area contributed by atoms with E-state index in [-0.39, 0.29) is 11.9 Å². The largest absolute Gasteiger partial charge is 0.497 e. The van der Waals surface area contributed by atoms with Gasteiger partial charge in [-0.1, -0.05) is 36.4 Å². The second-order valence-electron chi connectivity index (χ2n) is 6.00. The molecule has 2 aromatic carbocycles. The predicted octanol–water partition coefficient (Wildman–Crippen LogP) is 3.72. The van der Waals surface area contributed by atoms with Gasteiger partial charge in [0.2, 0.25) is 0 Å². The second kappa shape index (κ2) is 4.96. The molecule has 1 aliphatic carbocycles. The Labute approximate surface area is 129 Å². The Balaban J connectivity index is 1.67. The fourth-order valence-electron chi connectivity index (χ4n) is 3.50. The first-order valence-electron chi connectivity index (χ1n) is 7.69. The van der Waals surface area contributed by atoms with Gasteiger partial charge in [-0.05, 0) is 42.5 Å². The van der Waals surface area contributed by atoms with Gasteiger partial charge in [-0.2, -0.15) is 0 Å². The highest BCUT2D eigenvalue weighted by Gasteiger charge is 2.62. The third kappa shape index (κ3) is 1.97. The molecular weight excluding hydrogens is 276 g/mol. The van der Waals surface area contributed by atoms with E-state index in [0.29, 0.717) is 0 Å². The quantitative estimate of drug-likeness (QED) is 0.792. The molecule has 1 aliphatic heterocycles. The Morgan fingerprint density at radius 2 is 1.91 bits per heavy atom. The van der Waals surface area contributed by atoms with Gasteiger partial charge in [-0.25, -0.2) is 0 Å². The van der Waals surface area contributed by atoms with Crippen LogP contribution in [0.1, 0.15) is 40.4 Å². The molecule has 2 atom stereocenters. The van der Waals surface area contributed by atoms with Crippen molar-refractivity contribution in [2.75, 3.05) is 7.11 Å². The second-order valence-corrected chi connectivity index (χ2v) is 6.00. The maximum atomic E-state index is 13.0. The minimum Gasteiger partial charge on any atom is -0.497 e. The van der Waals surface area contributed by atoms with Crippen molar-refractivity contribution in [3.05, 3.63) is 65.2 Å². The smallest absolute Gasteiger partial charge is 0.197 e. The molecule has 22 heavy (non-hydrogen) atoms. The molecule has 1 fully saturated rings. The highest BCUT2D eigenvalue weighted by Crippen LogP contribution is 2.55. The molecule has 1 saturated heterocycles. The molecule has 1 heterocycles. The third-order valence-electron chi connectivity index (χ3n) is 4.75. The minimum atomic E-state index is -0.652. The zero-order valence-electron chi connectivity index (χ0n) is 12.5. The fraction of sp³-hybridized carbons (Fsp3) is 0.316. The number of ketones is 1. The van der Waals surface area contributed by atoms with E-state index in [1.54, 1.807) is 7.11 Å². The van der Waals surface area contributed by atoms with Crippen LogP contribution in [0.25, 0.3) is 0 Å². The van der Waals surface area contributed by atoms with Gasteiger partial charge in [0.15, 0.2) is 11.4 Å². The number of hydrogen-bond acceptors (Lipinski definition) is 3. The van der Waals surface area contributed by atoms with Gasteiger partial charge in [0, 0.05) is 5.56 Å².